The predicted octanol–water partition coefficient (Wildman–Crippen LogP) is 3.47. The van der Waals surface area contributed by atoms with Gasteiger partial charge in [-0.25, -0.2) is 4.39 Å². The first-order valence-electron chi connectivity index (χ1n) is 8.31. The molecule has 0 bridgehead atoms. The zero-order valence-electron chi connectivity index (χ0n) is 13.3. The third kappa shape index (κ3) is 5.66. The number of aliphatic carboxylic acids is 1. The Morgan fingerprint density at radius 1 is 1.17 bits per heavy atom. The summed E-state index contributed by atoms with van der Waals surface area (Å²) in [5.74, 6) is -1.77. The van der Waals surface area contributed by atoms with Crippen molar-refractivity contribution in [2.45, 2.75) is 50.9 Å². The molecule has 0 saturated heterocycles. The normalized spacial score (nSPS) is 16.7. The lowest BCUT2D eigenvalue weighted by Gasteiger charge is -2.21. The number of carbonyl (C=O) groups is 2. The van der Waals surface area contributed by atoms with Crippen molar-refractivity contribution in [3.63, 3.8) is 0 Å². The maximum atomic E-state index is 12.9. The maximum Gasteiger partial charge on any atom is 0.312 e. The summed E-state index contributed by atoms with van der Waals surface area (Å²) in [4.78, 5) is 23.3. The van der Waals surface area contributed by atoms with E-state index >= 15 is 0 Å². The molecule has 23 heavy (non-hydrogen) atoms. The molecule has 1 aromatic rings. The zero-order chi connectivity index (χ0) is 16.7. The number of rotatable bonds is 7. The van der Waals surface area contributed by atoms with Gasteiger partial charge in [-0.3, -0.25) is 9.59 Å². The van der Waals surface area contributed by atoms with Gasteiger partial charge in [0.05, 0.1) is 5.92 Å². The standard InChI is InChI=1S/C18H24FNO3/c19-15-9-7-14(8-10-15)16(18(22)23)12-20-17(21)11-6-13-4-2-1-3-5-13/h7-10,13,16H,1-6,11-12H2,(H,20,21)(H,22,23). The molecule has 2 N–H and O–H groups in total. The number of nitrogens with one attached hydrogen (secondary N) is 1. The predicted molar refractivity (Wildman–Crippen MR) is 85.6 cm³/mol. The first-order valence-corrected chi connectivity index (χ1v) is 8.31. The molecule has 0 radical (unpaired) electrons. The van der Waals surface area contributed by atoms with Crippen molar-refractivity contribution in [1.82, 2.24) is 5.32 Å². The molecular formula is C18H24FNO3. The zero-order valence-corrected chi connectivity index (χ0v) is 13.3. The fourth-order valence-corrected chi connectivity index (χ4v) is 3.16. The Hall–Kier alpha value is -1.91. The van der Waals surface area contributed by atoms with E-state index in [4.69, 9.17) is 0 Å². The van der Waals surface area contributed by atoms with Crippen molar-refractivity contribution < 1.29 is 19.1 Å². The van der Waals surface area contributed by atoms with Crippen LogP contribution in [0.15, 0.2) is 24.3 Å². The molecule has 0 spiro atoms. The number of carboxylic acids is 1. The van der Waals surface area contributed by atoms with Crippen LogP contribution in [0.3, 0.4) is 0 Å². The van der Waals surface area contributed by atoms with Crippen molar-refractivity contribution in [3.05, 3.63) is 35.6 Å². The van der Waals surface area contributed by atoms with Gasteiger partial charge in [-0.2, -0.15) is 0 Å². The molecule has 126 valence electrons. The van der Waals surface area contributed by atoms with E-state index in [2.05, 4.69) is 5.32 Å². The highest BCUT2D eigenvalue weighted by atomic mass is 19.1. The summed E-state index contributed by atoms with van der Waals surface area (Å²) in [5.41, 5.74) is 0.492. The van der Waals surface area contributed by atoms with Crippen LogP contribution in [-0.4, -0.2) is 23.5 Å². The van der Waals surface area contributed by atoms with Gasteiger partial charge < -0.3 is 10.4 Å². The van der Waals surface area contributed by atoms with Crippen molar-refractivity contribution in [2.75, 3.05) is 6.54 Å². The van der Waals surface area contributed by atoms with E-state index in [1.165, 1.54) is 56.4 Å². The quantitative estimate of drug-likeness (QED) is 0.808. The Labute approximate surface area is 136 Å². The molecule has 2 rings (SSSR count). The van der Waals surface area contributed by atoms with Crippen molar-refractivity contribution in [1.29, 1.82) is 0 Å². The lowest BCUT2D eigenvalue weighted by Crippen LogP contribution is -2.32. The number of hydrogen-bond acceptors (Lipinski definition) is 2. The smallest absolute Gasteiger partial charge is 0.312 e. The number of benzene rings is 1. The van der Waals surface area contributed by atoms with Crippen molar-refractivity contribution in [3.8, 4) is 0 Å². The van der Waals surface area contributed by atoms with E-state index in [0.29, 0.717) is 17.9 Å². The lowest BCUT2D eigenvalue weighted by molar-refractivity contribution is -0.138. The molecule has 1 fully saturated rings. The van der Waals surface area contributed by atoms with Gasteiger partial charge in [0.25, 0.3) is 0 Å². The van der Waals surface area contributed by atoms with Gasteiger partial charge in [0.15, 0.2) is 0 Å². The second kappa shape index (κ2) is 8.65. The Bertz CT molecular complexity index is 524. The van der Waals surface area contributed by atoms with E-state index in [1.54, 1.807) is 0 Å². The average molecular weight is 321 g/mol. The van der Waals surface area contributed by atoms with E-state index in [-0.39, 0.29) is 12.5 Å². The maximum absolute atomic E-state index is 12.9. The molecule has 0 heterocycles. The summed E-state index contributed by atoms with van der Waals surface area (Å²) < 4.78 is 12.9. The van der Waals surface area contributed by atoms with Crippen LogP contribution in [0.2, 0.25) is 0 Å². The molecule has 0 aliphatic heterocycles. The molecule has 5 heteroatoms. The van der Waals surface area contributed by atoms with Gasteiger partial charge in [0, 0.05) is 13.0 Å². The summed E-state index contributed by atoms with van der Waals surface area (Å²) >= 11 is 0. The van der Waals surface area contributed by atoms with E-state index in [1.807, 2.05) is 0 Å². The van der Waals surface area contributed by atoms with Crippen molar-refractivity contribution >= 4 is 11.9 Å². The summed E-state index contributed by atoms with van der Waals surface area (Å²) in [7, 11) is 0. The van der Waals surface area contributed by atoms with Crippen molar-refractivity contribution in [2.24, 2.45) is 5.92 Å². The minimum absolute atomic E-state index is 0.0322. The van der Waals surface area contributed by atoms with Gasteiger partial charge in [0.1, 0.15) is 5.82 Å². The molecule has 1 atom stereocenters. The Morgan fingerprint density at radius 2 is 1.83 bits per heavy atom. The average Bonchev–Trinajstić information content (AvgIpc) is 2.55. The van der Waals surface area contributed by atoms with Gasteiger partial charge in [0.2, 0.25) is 5.91 Å². The Kier molecular flexibility index (Phi) is 6.56. The minimum Gasteiger partial charge on any atom is -0.481 e. The number of halogens is 1. The third-order valence-electron chi connectivity index (χ3n) is 4.58. The SMILES string of the molecule is O=C(CCC1CCCCC1)NCC(C(=O)O)c1ccc(F)cc1. The lowest BCUT2D eigenvalue weighted by atomic mass is 9.86. The first-order chi connectivity index (χ1) is 11.1. The van der Waals surface area contributed by atoms with Gasteiger partial charge in [-0.15, -0.1) is 0 Å². The topological polar surface area (TPSA) is 66.4 Å². The number of carboxylic acid groups (broad SMARTS) is 1. The van der Waals surface area contributed by atoms with Gasteiger partial charge in [-0.05, 0) is 30.0 Å². The monoisotopic (exact) mass is 321 g/mol. The Morgan fingerprint density at radius 3 is 2.43 bits per heavy atom. The minimum atomic E-state index is -1.02. The Balaban J connectivity index is 1.80. The summed E-state index contributed by atoms with van der Waals surface area (Å²) in [6.45, 7) is 0.0322. The van der Waals surface area contributed by atoms with E-state index in [9.17, 15) is 19.1 Å². The van der Waals surface area contributed by atoms with Crippen LogP contribution >= 0.6 is 0 Å². The van der Waals surface area contributed by atoms with Crippen LogP contribution in [0, 0.1) is 11.7 Å². The van der Waals surface area contributed by atoms with Gasteiger partial charge in [-0.1, -0.05) is 44.2 Å². The molecule has 1 amide bonds. The number of hydrogen-bond donors (Lipinski definition) is 2. The highest BCUT2D eigenvalue weighted by Crippen LogP contribution is 2.27. The fourth-order valence-electron chi connectivity index (χ4n) is 3.16. The highest BCUT2D eigenvalue weighted by Gasteiger charge is 2.21. The van der Waals surface area contributed by atoms with Crippen LogP contribution in [0.4, 0.5) is 4.39 Å². The molecule has 1 aromatic carbocycles. The number of carbonyl (C=O) groups excluding carboxylic acids is 1. The summed E-state index contributed by atoms with van der Waals surface area (Å²) in [5, 5.41) is 12.0. The van der Waals surface area contributed by atoms with E-state index < -0.39 is 17.7 Å². The van der Waals surface area contributed by atoms with Crippen LogP contribution in [-0.2, 0) is 9.59 Å². The van der Waals surface area contributed by atoms with Crippen LogP contribution in [0.25, 0.3) is 0 Å². The molecule has 1 aliphatic carbocycles. The molecule has 1 aliphatic rings. The summed E-state index contributed by atoms with van der Waals surface area (Å²) in [6.07, 6.45) is 7.50. The van der Waals surface area contributed by atoms with Gasteiger partial charge >= 0.3 is 5.97 Å². The second-order valence-corrected chi connectivity index (χ2v) is 6.29. The molecule has 4 nitrogen and oxygen atoms in total. The van der Waals surface area contributed by atoms with Crippen LogP contribution < -0.4 is 5.32 Å². The molecular weight excluding hydrogens is 297 g/mol. The second-order valence-electron chi connectivity index (χ2n) is 6.29. The number of amides is 1. The fraction of sp³-hybridized carbons (Fsp3) is 0.556. The molecule has 1 unspecified atom stereocenters. The first kappa shape index (κ1) is 17.4. The third-order valence-corrected chi connectivity index (χ3v) is 4.58. The molecule has 1 saturated carbocycles. The summed E-state index contributed by atoms with van der Waals surface area (Å²) in [6, 6.07) is 5.36. The van der Waals surface area contributed by atoms with Crippen LogP contribution in [0.5, 0.6) is 0 Å². The van der Waals surface area contributed by atoms with Crippen LogP contribution in [0.1, 0.15) is 56.4 Å². The van der Waals surface area contributed by atoms with E-state index in [0.717, 1.165) is 6.42 Å². The largest absolute Gasteiger partial charge is 0.481 e. The highest BCUT2D eigenvalue weighted by molar-refractivity contribution is 5.79. The molecule has 0 aromatic heterocycles.